The molecule has 138 valence electrons. The van der Waals surface area contributed by atoms with Crippen LogP contribution < -0.4 is 0 Å². The number of aryl methyl sites for hydroxylation is 1. The molecule has 0 aromatic heterocycles. The zero-order chi connectivity index (χ0) is 18.6. The Balaban J connectivity index is 1.83. The predicted molar refractivity (Wildman–Crippen MR) is 114 cm³/mol. The monoisotopic (exact) mass is 482 g/mol. The van der Waals surface area contributed by atoms with Crippen molar-refractivity contribution in [2.45, 2.75) is 43.9 Å². The van der Waals surface area contributed by atoms with Gasteiger partial charge in [-0.25, -0.2) is 0 Å². The van der Waals surface area contributed by atoms with E-state index in [-0.39, 0.29) is 4.90 Å². The van der Waals surface area contributed by atoms with Gasteiger partial charge in [-0.05, 0) is 83.7 Å². The molecule has 0 saturated heterocycles. The third-order valence-electron chi connectivity index (χ3n) is 4.49. The van der Waals surface area contributed by atoms with Crippen molar-refractivity contribution >= 4 is 38.3 Å². The minimum Gasteiger partial charge on any atom is -0.200 e. The SMILES string of the molecule is CCCCc1ccc(C2=NN(S(=O)(=O)c3ccc(I)cc3)CCC2)cc1. The highest BCUT2D eigenvalue weighted by Crippen LogP contribution is 2.23. The molecule has 0 N–H and O–H groups in total. The predicted octanol–water partition coefficient (Wildman–Crippen LogP) is 4.82. The van der Waals surface area contributed by atoms with E-state index in [9.17, 15) is 8.42 Å². The summed E-state index contributed by atoms with van der Waals surface area (Å²) in [6.45, 7) is 2.61. The number of hydrazone groups is 1. The Hall–Kier alpha value is -1.41. The van der Waals surface area contributed by atoms with Gasteiger partial charge in [-0.3, -0.25) is 0 Å². The molecule has 0 saturated carbocycles. The smallest absolute Gasteiger partial charge is 0.200 e. The first-order valence-corrected chi connectivity index (χ1v) is 11.5. The van der Waals surface area contributed by atoms with E-state index >= 15 is 0 Å². The van der Waals surface area contributed by atoms with Crippen LogP contribution in [-0.4, -0.2) is 25.1 Å². The van der Waals surface area contributed by atoms with Gasteiger partial charge in [0.2, 0.25) is 0 Å². The lowest BCUT2D eigenvalue weighted by atomic mass is 10.0. The number of unbranched alkanes of at least 4 members (excludes halogenated alkanes) is 1. The van der Waals surface area contributed by atoms with Gasteiger partial charge in [-0.15, -0.1) is 0 Å². The summed E-state index contributed by atoms with van der Waals surface area (Å²) in [5.41, 5.74) is 3.16. The fraction of sp³-hybridized carbons (Fsp3) is 0.350. The highest BCUT2D eigenvalue weighted by atomic mass is 127. The van der Waals surface area contributed by atoms with Gasteiger partial charge in [0, 0.05) is 3.57 Å². The third kappa shape index (κ3) is 4.46. The molecule has 26 heavy (non-hydrogen) atoms. The quantitative estimate of drug-likeness (QED) is 0.555. The molecule has 1 aliphatic rings. The van der Waals surface area contributed by atoms with E-state index in [1.54, 1.807) is 24.3 Å². The fourth-order valence-corrected chi connectivity index (χ4v) is 4.62. The zero-order valence-electron chi connectivity index (χ0n) is 14.9. The van der Waals surface area contributed by atoms with Crippen molar-refractivity contribution in [3.63, 3.8) is 0 Å². The second-order valence-corrected chi connectivity index (χ2v) is 9.54. The molecule has 0 unspecified atom stereocenters. The van der Waals surface area contributed by atoms with Crippen molar-refractivity contribution in [2.75, 3.05) is 6.54 Å². The van der Waals surface area contributed by atoms with Crippen LogP contribution in [0.15, 0.2) is 58.5 Å². The third-order valence-corrected chi connectivity index (χ3v) is 6.90. The largest absolute Gasteiger partial charge is 0.279 e. The van der Waals surface area contributed by atoms with Crippen molar-refractivity contribution in [1.29, 1.82) is 0 Å². The van der Waals surface area contributed by atoms with Crippen molar-refractivity contribution in [3.05, 3.63) is 63.2 Å². The van der Waals surface area contributed by atoms with E-state index in [0.29, 0.717) is 6.54 Å². The Morgan fingerprint density at radius 1 is 1.08 bits per heavy atom. The summed E-state index contributed by atoms with van der Waals surface area (Å²) >= 11 is 2.16. The van der Waals surface area contributed by atoms with Crippen molar-refractivity contribution < 1.29 is 8.42 Å². The van der Waals surface area contributed by atoms with Gasteiger partial charge in [-0.1, -0.05) is 37.6 Å². The minimum absolute atomic E-state index is 0.290. The van der Waals surface area contributed by atoms with Crippen molar-refractivity contribution in [3.8, 4) is 0 Å². The van der Waals surface area contributed by atoms with Gasteiger partial charge in [0.1, 0.15) is 0 Å². The summed E-state index contributed by atoms with van der Waals surface area (Å²) in [4.78, 5) is 0.290. The van der Waals surface area contributed by atoms with Crippen LogP contribution in [0, 0.1) is 3.57 Å². The van der Waals surface area contributed by atoms with E-state index < -0.39 is 10.0 Å². The molecule has 1 heterocycles. The molecular formula is C20H23IN2O2S. The molecule has 0 spiro atoms. The topological polar surface area (TPSA) is 49.7 Å². The summed E-state index contributed by atoms with van der Waals surface area (Å²) in [5.74, 6) is 0. The number of benzene rings is 2. The number of rotatable bonds is 6. The molecule has 0 aliphatic carbocycles. The van der Waals surface area contributed by atoms with Crippen LogP contribution in [0.3, 0.4) is 0 Å². The molecule has 0 atom stereocenters. The van der Waals surface area contributed by atoms with Crippen LogP contribution >= 0.6 is 22.6 Å². The summed E-state index contributed by atoms with van der Waals surface area (Å²) in [7, 11) is -3.60. The van der Waals surface area contributed by atoms with Gasteiger partial charge < -0.3 is 0 Å². The first-order valence-electron chi connectivity index (χ1n) is 8.96. The van der Waals surface area contributed by atoms with Gasteiger partial charge in [0.25, 0.3) is 10.0 Å². The average molecular weight is 482 g/mol. The van der Waals surface area contributed by atoms with Crippen LogP contribution in [0.25, 0.3) is 0 Å². The summed E-state index contributed by atoms with van der Waals surface area (Å²) in [6, 6.07) is 15.3. The maximum atomic E-state index is 12.9. The van der Waals surface area contributed by atoms with Crippen molar-refractivity contribution in [1.82, 2.24) is 4.41 Å². The average Bonchev–Trinajstić information content (AvgIpc) is 2.67. The number of hydrogen-bond donors (Lipinski definition) is 0. The van der Waals surface area contributed by atoms with E-state index in [0.717, 1.165) is 34.1 Å². The first-order chi connectivity index (χ1) is 12.5. The Labute approximate surface area is 169 Å². The van der Waals surface area contributed by atoms with Gasteiger partial charge in [-0.2, -0.15) is 17.9 Å². The van der Waals surface area contributed by atoms with Crippen LogP contribution in [0.4, 0.5) is 0 Å². The molecule has 4 nitrogen and oxygen atoms in total. The maximum Gasteiger partial charge on any atom is 0.279 e. The second-order valence-electron chi connectivity index (χ2n) is 6.46. The molecule has 2 aromatic carbocycles. The highest BCUT2D eigenvalue weighted by molar-refractivity contribution is 14.1. The zero-order valence-corrected chi connectivity index (χ0v) is 17.8. The summed E-state index contributed by atoms with van der Waals surface area (Å²) < 4.78 is 28.0. The Morgan fingerprint density at radius 2 is 1.77 bits per heavy atom. The molecule has 0 bridgehead atoms. The molecule has 0 radical (unpaired) electrons. The van der Waals surface area contributed by atoms with Crippen LogP contribution in [0.2, 0.25) is 0 Å². The number of hydrogen-bond acceptors (Lipinski definition) is 3. The highest BCUT2D eigenvalue weighted by Gasteiger charge is 2.26. The maximum absolute atomic E-state index is 12.9. The molecule has 3 rings (SSSR count). The standard InChI is InChI=1S/C20H23IN2O2S/c1-2-3-5-16-7-9-17(10-8-16)20-6-4-15-23(22-20)26(24,25)19-13-11-18(21)12-14-19/h7-14H,2-6,15H2,1H3. The van der Waals surface area contributed by atoms with Crippen LogP contribution in [0.5, 0.6) is 0 Å². The van der Waals surface area contributed by atoms with E-state index in [1.165, 1.54) is 22.8 Å². The summed E-state index contributed by atoms with van der Waals surface area (Å²) in [5, 5.41) is 4.47. The lowest BCUT2D eigenvalue weighted by molar-refractivity contribution is 0.410. The second kappa shape index (κ2) is 8.52. The van der Waals surface area contributed by atoms with Gasteiger partial charge in [0.05, 0.1) is 17.2 Å². The fourth-order valence-electron chi connectivity index (χ4n) is 2.97. The van der Waals surface area contributed by atoms with Crippen molar-refractivity contribution in [2.24, 2.45) is 5.10 Å². The Kier molecular flexibility index (Phi) is 6.34. The Morgan fingerprint density at radius 3 is 2.42 bits per heavy atom. The number of sulfonamides is 1. The molecule has 1 aliphatic heterocycles. The molecule has 2 aromatic rings. The molecular weight excluding hydrogens is 459 g/mol. The lowest BCUT2D eigenvalue weighted by Gasteiger charge is -2.25. The van der Waals surface area contributed by atoms with Gasteiger partial charge >= 0.3 is 0 Å². The van der Waals surface area contributed by atoms with E-state index in [1.807, 2.05) is 0 Å². The lowest BCUT2D eigenvalue weighted by Crippen LogP contribution is -2.32. The molecule has 0 fully saturated rings. The van der Waals surface area contributed by atoms with E-state index in [4.69, 9.17) is 0 Å². The number of halogens is 1. The van der Waals surface area contributed by atoms with Crippen LogP contribution in [0.1, 0.15) is 43.7 Å². The normalized spacial score (nSPS) is 15.0. The molecule has 0 amide bonds. The van der Waals surface area contributed by atoms with Gasteiger partial charge in [0.15, 0.2) is 0 Å². The summed E-state index contributed by atoms with van der Waals surface area (Å²) in [6.07, 6.45) is 5.02. The Bertz CT molecular complexity index is 875. The van der Waals surface area contributed by atoms with Crippen LogP contribution in [-0.2, 0) is 16.4 Å². The molecule has 6 heteroatoms. The number of nitrogens with zero attached hydrogens (tertiary/aromatic N) is 2. The van der Waals surface area contributed by atoms with E-state index in [2.05, 4.69) is 58.9 Å². The minimum atomic E-state index is -3.60. The first kappa shape index (κ1) is 19.4.